The van der Waals surface area contributed by atoms with Crippen LogP contribution in [0.15, 0.2) is 12.7 Å². The van der Waals surface area contributed by atoms with Crippen molar-refractivity contribution in [2.75, 3.05) is 13.2 Å². The highest BCUT2D eigenvalue weighted by Gasteiger charge is 2.36. The van der Waals surface area contributed by atoms with E-state index in [1.54, 1.807) is 0 Å². The lowest BCUT2D eigenvalue weighted by Crippen LogP contribution is -2.33. The Kier molecular flexibility index (Phi) is 11.3. The lowest BCUT2D eigenvalue weighted by molar-refractivity contribution is -0.159. The smallest absolute Gasteiger partial charge is 0.330 e. The second-order valence-electron chi connectivity index (χ2n) is 10.7. The van der Waals surface area contributed by atoms with Gasteiger partial charge < -0.3 is 19.3 Å². The van der Waals surface area contributed by atoms with Crippen molar-refractivity contribution in [3.8, 4) is 0 Å². The van der Waals surface area contributed by atoms with E-state index < -0.39 is 11.9 Å². The van der Waals surface area contributed by atoms with Gasteiger partial charge in [-0.25, -0.2) is 4.79 Å². The van der Waals surface area contributed by atoms with E-state index in [1.807, 2.05) is 0 Å². The minimum Gasteiger partial charge on any atom is -0.481 e. The highest BCUT2D eigenvalue weighted by Crippen LogP contribution is 2.42. The van der Waals surface area contributed by atoms with Crippen molar-refractivity contribution >= 4 is 23.9 Å². The van der Waals surface area contributed by atoms with E-state index in [-0.39, 0.29) is 35.8 Å². The largest absolute Gasteiger partial charge is 0.481 e. The minimum atomic E-state index is -0.746. The van der Waals surface area contributed by atoms with Crippen molar-refractivity contribution in [3.63, 3.8) is 0 Å². The zero-order chi connectivity index (χ0) is 25.9. The Bertz CT molecular complexity index is 754. The summed E-state index contributed by atoms with van der Waals surface area (Å²) >= 11 is 0. The van der Waals surface area contributed by atoms with E-state index in [9.17, 15) is 19.2 Å². The van der Waals surface area contributed by atoms with Gasteiger partial charge in [-0.3, -0.25) is 14.4 Å². The molecule has 1 N–H and O–H groups in total. The van der Waals surface area contributed by atoms with Crippen LogP contribution in [0.5, 0.6) is 0 Å². The molecule has 0 aromatic carbocycles. The maximum atomic E-state index is 12.7. The Hall–Kier alpha value is -2.38. The zero-order valence-electron chi connectivity index (χ0n) is 21.4. The Morgan fingerprint density at radius 1 is 0.667 bits per heavy atom. The quantitative estimate of drug-likeness (QED) is 0.183. The second kappa shape index (κ2) is 14.4. The molecule has 0 spiro atoms. The summed E-state index contributed by atoms with van der Waals surface area (Å²) in [6.45, 7) is 4.00. The number of carbonyl (C=O) groups excluding carboxylic acids is 3. The molecule has 3 fully saturated rings. The van der Waals surface area contributed by atoms with Crippen LogP contribution < -0.4 is 0 Å². The summed E-state index contributed by atoms with van der Waals surface area (Å²) in [5.41, 5.74) is 0. The van der Waals surface area contributed by atoms with Crippen LogP contribution in [0, 0.1) is 29.6 Å². The predicted molar refractivity (Wildman–Crippen MR) is 132 cm³/mol. The van der Waals surface area contributed by atoms with Crippen LogP contribution in [0.25, 0.3) is 0 Å². The summed E-state index contributed by atoms with van der Waals surface area (Å²) in [5, 5.41) is 9.12. The molecule has 3 aliphatic carbocycles. The van der Waals surface area contributed by atoms with Gasteiger partial charge in [-0.15, -0.1) is 0 Å². The normalized spacial score (nSPS) is 30.6. The van der Waals surface area contributed by atoms with E-state index in [1.165, 1.54) is 0 Å². The van der Waals surface area contributed by atoms with Crippen LogP contribution in [-0.4, -0.2) is 48.3 Å². The van der Waals surface area contributed by atoms with Crippen LogP contribution in [0.2, 0.25) is 0 Å². The molecule has 3 saturated carbocycles. The number of ether oxygens (including phenoxy) is 3. The molecule has 36 heavy (non-hydrogen) atoms. The third kappa shape index (κ3) is 8.63. The van der Waals surface area contributed by atoms with Crippen LogP contribution in [0.4, 0.5) is 0 Å². The molecular weight excluding hydrogens is 464 g/mol. The van der Waals surface area contributed by atoms with E-state index in [0.29, 0.717) is 63.6 Å². The van der Waals surface area contributed by atoms with E-state index in [2.05, 4.69) is 6.58 Å². The van der Waals surface area contributed by atoms with Crippen molar-refractivity contribution in [1.29, 1.82) is 0 Å². The molecule has 202 valence electrons. The van der Waals surface area contributed by atoms with Crippen LogP contribution in [0.3, 0.4) is 0 Å². The van der Waals surface area contributed by atoms with Gasteiger partial charge >= 0.3 is 23.9 Å². The van der Waals surface area contributed by atoms with Crippen molar-refractivity contribution < 1.29 is 38.5 Å². The Morgan fingerprint density at radius 2 is 1.14 bits per heavy atom. The number of hydrogen-bond donors (Lipinski definition) is 1. The highest BCUT2D eigenvalue weighted by atomic mass is 16.5. The molecule has 0 aromatic rings. The Balaban J connectivity index is 1.27. The van der Waals surface area contributed by atoms with Gasteiger partial charge in [0.2, 0.25) is 0 Å². The van der Waals surface area contributed by atoms with Crippen molar-refractivity contribution in [1.82, 2.24) is 0 Å². The summed E-state index contributed by atoms with van der Waals surface area (Å²) in [7, 11) is 0. The molecule has 0 atom stereocenters. The summed E-state index contributed by atoms with van der Waals surface area (Å²) in [6, 6.07) is 0. The van der Waals surface area contributed by atoms with Crippen molar-refractivity contribution in [2.24, 2.45) is 29.6 Å². The minimum absolute atomic E-state index is 0.0256. The van der Waals surface area contributed by atoms with Crippen LogP contribution >= 0.6 is 0 Å². The molecule has 8 nitrogen and oxygen atoms in total. The summed E-state index contributed by atoms with van der Waals surface area (Å²) in [5.74, 6) is -0.538. The number of hydrogen-bond acceptors (Lipinski definition) is 7. The number of rotatable bonds is 11. The lowest BCUT2D eigenvalue weighted by atomic mass is 9.69. The Morgan fingerprint density at radius 3 is 1.64 bits per heavy atom. The average Bonchev–Trinajstić information content (AvgIpc) is 2.90. The highest BCUT2D eigenvalue weighted by molar-refractivity contribution is 5.81. The first-order valence-corrected chi connectivity index (χ1v) is 13.8. The first-order valence-electron chi connectivity index (χ1n) is 13.8. The lowest BCUT2D eigenvalue weighted by Gasteiger charge is -2.37. The number of carbonyl (C=O) groups is 4. The number of carboxylic acid groups (broad SMARTS) is 1. The number of esters is 3. The summed E-state index contributed by atoms with van der Waals surface area (Å²) in [4.78, 5) is 47.1. The fourth-order valence-corrected chi connectivity index (χ4v) is 6.07. The number of unbranched alkanes of at least 4 members (excludes halogenated alkanes) is 1. The number of aliphatic carboxylic acids is 1. The van der Waals surface area contributed by atoms with Crippen LogP contribution in [-0.2, 0) is 33.4 Å². The topological polar surface area (TPSA) is 116 Å². The van der Waals surface area contributed by atoms with E-state index >= 15 is 0 Å². The van der Waals surface area contributed by atoms with Gasteiger partial charge in [-0.1, -0.05) is 6.58 Å². The van der Waals surface area contributed by atoms with E-state index in [0.717, 1.165) is 57.4 Å². The molecule has 0 aromatic heterocycles. The van der Waals surface area contributed by atoms with Crippen molar-refractivity contribution in [2.45, 2.75) is 96.0 Å². The molecule has 0 bridgehead atoms. The van der Waals surface area contributed by atoms with Gasteiger partial charge in [0.15, 0.2) is 0 Å². The monoisotopic (exact) mass is 506 g/mol. The molecule has 0 saturated heterocycles. The molecule has 0 unspecified atom stereocenters. The average molecular weight is 507 g/mol. The molecule has 3 rings (SSSR count). The van der Waals surface area contributed by atoms with E-state index in [4.69, 9.17) is 19.3 Å². The fraction of sp³-hybridized carbons (Fsp3) is 0.786. The molecule has 0 radical (unpaired) electrons. The Labute approximate surface area is 214 Å². The first kappa shape index (κ1) is 28.2. The maximum absolute atomic E-state index is 12.7. The van der Waals surface area contributed by atoms with Gasteiger partial charge in [0.1, 0.15) is 6.10 Å². The van der Waals surface area contributed by atoms with Gasteiger partial charge in [0.25, 0.3) is 0 Å². The third-order valence-electron chi connectivity index (χ3n) is 8.38. The summed E-state index contributed by atoms with van der Waals surface area (Å²) in [6.07, 6.45) is 12.4. The van der Waals surface area contributed by atoms with Crippen LogP contribution in [0.1, 0.15) is 89.9 Å². The molecular formula is C28H42O8. The van der Waals surface area contributed by atoms with Gasteiger partial charge in [0, 0.05) is 6.08 Å². The maximum Gasteiger partial charge on any atom is 0.330 e. The molecule has 0 amide bonds. The third-order valence-corrected chi connectivity index (χ3v) is 8.38. The standard InChI is InChI=1S/C28H42O8/c1-2-25(29)34-17-3-4-18-35-27(32)22-9-5-19(6-10-22)20-7-11-23(12-8-20)28(33)36-24-15-13-21(14-16-24)26(30)31/h2,19-24H,1,3-18H2,(H,30,31)/t19?,20?,21-,22?,23?,24-. The second-order valence-corrected chi connectivity index (χ2v) is 10.7. The van der Waals surface area contributed by atoms with Gasteiger partial charge in [-0.05, 0) is 102 Å². The van der Waals surface area contributed by atoms with Gasteiger partial charge in [0.05, 0.1) is 31.0 Å². The molecule has 8 heteroatoms. The SMILES string of the molecule is C=CC(=O)OCCCCOC(=O)C1CCC(C2CCC(C(=O)O[C@H]3CC[C@H](C(=O)O)CC3)CC2)CC1. The van der Waals surface area contributed by atoms with Gasteiger partial charge in [-0.2, -0.15) is 0 Å². The van der Waals surface area contributed by atoms with Crippen molar-refractivity contribution in [3.05, 3.63) is 12.7 Å². The number of carboxylic acids is 1. The molecule has 3 aliphatic rings. The molecule has 0 aliphatic heterocycles. The zero-order valence-corrected chi connectivity index (χ0v) is 21.4. The summed E-state index contributed by atoms with van der Waals surface area (Å²) < 4.78 is 16.1. The fourth-order valence-electron chi connectivity index (χ4n) is 6.07. The predicted octanol–water partition coefficient (Wildman–Crippen LogP) is 4.84. The molecule has 0 heterocycles. The first-order chi connectivity index (χ1) is 17.4.